The third-order valence-electron chi connectivity index (χ3n) is 2.89. The molecule has 2 aromatic rings. The van der Waals surface area contributed by atoms with Gasteiger partial charge in [0.05, 0.1) is 12.7 Å². The minimum Gasteiger partial charge on any atom is -0.465 e. The van der Waals surface area contributed by atoms with E-state index in [1.807, 2.05) is 0 Å². The Balaban J connectivity index is 2.02. The molecule has 5 nitrogen and oxygen atoms in total. The molecule has 118 valence electrons. The monoisotopic (exact) mass is 312 g/mol. The maximum atomic E-state index is 11.4. The molecular weight excluding hydrogens is 296 g/mol. The Kier molecular flexibility index (Phi) is 5.15. The molecule has 0 unspecified atom stereocenters. The molecule has 0 radical (unpaired) electrons. The van der Waals surface area contributed by atoms with Crippen LogP contribution in [-0.4, -0.2) is 19.0 Å². The van der Waals surface area contributed by atoms with Gasteiger partial charge in [0.2, 0.25) is 0 Å². The number of esters is 2. The maximum absolute atomic E-state index is 11.4. The van der Waals surface area contributed by atoms with Crippen LogP contribution < -0.4 is 9.47 Å². The summed E-state index contributed by atoms with van der Waals surface area (Å²) in [6.07, 6.45) is 0. The minimum absolute atomic E-state index is 0.330. The Morgan fingerprint density at radius 2 is 1.35 bits per heavy atom. The van der Waals surface area contributed by atoms with Crippen molar-refractivity contribution in [2.75, 3.05) is 7.11 Å². The van der Waals surface area contributed by atoms with Crippen LogP contribution in [0.25, 0.3) is 0 Å². The summed E-state index contributed by atoms with van der Waals surface area (Å²) in [6.45, 7) is 5.10. The van der Waals surface area contributed by atoms with Crippen molar-refractivity contribution >= 4 is 11.9 Å². The Hall–Kier alpha value is -3.08. The minimum atomic E-state index is -0.475. The molecule has 23 heavy (non-hydrogen) atoms. The van der Waals surface area contributed by atoms with Gasteiger partial charge in [-0.1, -0.05) is 6.58 Å². The van der Waals surface area contributed by atoms with E-state index in [4.69, 9.17) is 9.47 Å². The van der Waals surface area contributed by atoms with Gasteiger partial charge in [-0.3, -0.25) is 0 Å². The lowest BCUT2D eigenvalue weighted by atomic mass is 10.2. The molecule has 0 atom stereocenters. The highest BCUT2D eigenvalue weighted by Crippen LogP contribution is 2.24. The van der Waals surface area contributed by atoms with E-state index in [0.717, 1.165) is 0 Å². The predicted molar refractivity (Wildman–Crippen MR) is 84.7 cm³/mol. The number of carbonyl (C=O) groups is 2. The molecule has 2 aromatic carbocycles. The van der Waals surface area contributed by atoms with E-state index in [2.05, 4.69) is 11.3 Å². The fourth-order valence-corrected chi connectivity index (χ4v) is 1.68. The topological polar surface area (TPSA) is 61.8 Å². The van der Waals surface area contributed by atoms with Crippen molar-refractivity contribution in [1.29, 1.82) is 0 Å². The Labute approximate surface area is 134 Å². The standard InChI is InChI=1S/C18H16O5/c1-12(2)17(19)23-16-10-8-15(9-11-16)22-14-6-4-13(5-7-14)18(20)21-3/h4-11H,1H2,2-3H3. The van der Waals surface area contributed by atoms with Crippen LogP contribution in [0.5, 0.6) is 17.2 Å². The summed E-state index contributed by atoms with van der Waals surface area (Å²) in [4.78, 5) is 22.8. The number of hydrogen-bond acceptors (Lipinski definition) is 5. The molecular formula is C18H16O5. The van der Waals surface area contributed by atoms with Crippen molar-refractivity contribution in [2.45, 2.75) is 6.92 Å². The molecule has 0 bridgehead atoms. The molecule has 0 fully saturated rings. The lowest BCUT2D eigenvalue weighted by molar-refractivity contribution is -0.130. The fourth-order valence-electron chi connectivity index (χ4n) is 1.68. The smallest absolute Gasteiger partial charge is 0.338 e. The number of ether oxygens (including phenoxy) is 3. The normalized spacial score (nSPS) is 9.83. The van der Waals surface area contributed by atoms with Crippen LogP contribution >= 0.6 is 0 Å². The van der Waals surface area contributed by atoms with Crippen LogP contribution in [0.1, 0.15) is 17.3 Å². The Bertz CT molecular complexity index is 714. The maximum Gasteiger partial charge on any atom is 0.338 e. The molecule has 0 saturated carbocycles. The number of benzene rings is 2. The number of methoxy groups -OCH3 is 1. The van der Waals surface area contributed by atoms with Crippen molar-refractivity contribution in [3.8, 4) is 17.2 Å². The van der Waals surface area contributed by atoms with Crippen molar-refractivity contribution in [1.82, 2.24) is 0 Å². The second-order valence-electron chi connectivity index (χ2n) is 4.76. The second-order valence-corrected chi connectivity index (χ2v) is 4.76. The number of carbonyl (C=O) groups excluding carboxylic acids is 2. The number of hydrogen-bond donors (Lipinski definition) is 0. The third kappa shape index (κ3) is 4.44. The van der Waals surface area contributed by atoms with Gasteiger partial charge in [-0.05, 0) is 55.5 Å². The van der Waals surface area contributed by atoms with E-state index in [9.17, 15) is 9.59 Å². The molecule has 0 aromatic heterocycles. The zero-order valence-corrected chi connectivity index (χ0v) is 12.9. The van der Waals surface area contributed by atoms with E-state index < -0.39 is 11.9 Å². The molecule has 0 saturated heterocycles. The van der Waals surface area contributed by atoms with Gasteiger partial charge in [0.1, 0.15) is 17.2 Å². The van der Waals surface area contributed by atoms with Gasteiger partial charge in [0.15, 0.2) is 0 Å². The first-order chi connectivity index (χ1) is 11.0. The Morgan fingerprint density at radius 3 is 1.83 bits per heavy atom. The van der Waals surface area contributed by atoms with Gasteiger partial charge >= 0.3 is 11.9 Å². The van der Waals surface area contributed by atoms with E-state index in [0.29, 0.717) is 28.4 Å². The summed E-state index contributed by atoms with van der Waals surface area (Å²) >= 11 is 0. The molecule has 0 aliphatic rings. The van der Waals surface area contributed by atoms with E-state index in [1.165, 1.54) is 7.11 Å². The molecule has 5 heteroatoms. The molecule has 0 spiro atoms. The number of rotatable bonds is 5. The molecule has 0 aliphatic carbocycles. The average molecular weight is 312 g/mol. The molecule has 0 amide bonds. The first-order valence-corrected chi connectivity index (χ1v) is 6.83. The van der Waals surface area contributed by atoms with Crippen LogP contribution in [0.4, 0.5) is 0 Å². The van der Waals surface area contributed by atoms with Crippen LogP contribution in [0.15, 0.2) is 60.7 Å². The van der Waals surface area contributed by atoms with Gasteiger partial charge in [0.25, 0.3) is 0 Å². The van der Waals surface area contributed by atoms with Crippen molar-refractivity contribution in [2.24, 2.45) is 0 Å². The lowest BCUT2D eigenvalue weighted by Gasteiger charge is -2.08. The summed E-state index contributed by atoms with van der Waals surface area (Å²) in [6, 6.07) is 13.2. The summed E-state index contributed by atoms with van der Waals surface area (Å²) in [7, 11) is 1.33. The van der Waals surface area contributed by atoms with Gasteiger partial charge < -0.3 is 14.2 Å². The molecule has 2 rings (SSSR count). The summed E-state index contributed by atoms with van der Waals surface area (Å²) in [5.74, 6) is 0.680. The van der Waals surface area contributed by atoms with Crippen molar-refractivity contribution in [3.05, 3.63) is 66.2 Å². The van der Waals surface area contributed by atoms with Gasteiger partial charge in [-0.25, -0.2) is 9.59 Å². The highest BCUT2D eigenvalue weighted by Gasteiger charge is 2.07. The SMILES string of the molecule is C=C(C)C(=O)Oc1ccc(Oc2ccc(C(=O)OC)cc2)cc1. The average Bonchev–Trinajstić information content (AvgIpc) is 2.56. The first-order valence-electron chi connectivity index (χ1n) is 6.83. The highest BCUT2D eigenvalue weighted by atomic mass is 16.5. The molecule has 0 heterocycles. The third-order valence-corrected chi connectivity index (χ3v) is 2.89. The van der Waals surface area contributed by atoms with Gasteiger partial charge in [0, 0.05) is 5.57 Å². The van der Waals surface area contributed by atoms with Gasteiger partial charge in [-0.2, -0.15) is 0 Å². The van der Waals surface area contributed by atoms with Crippen LogP contribution in [0.2, 0.25) is 0 Å². The quantitative estimate of drug-likeness (QED) is 0.478. The van der Waals surface area contributed by atoms with Crippen LogP contribution in [-0.2, 0) is 9.53 Å². The molecule has 0 aliphatic heterocycles. The lowest BCUT2D eigenvalue weighted by Crippen LogP contribution is -2.07. The zero-order chi connectivity index (χ0) is 16.8. The fraction of sp³-hybridized carbons (Fsp3) is 0.111. The summed E-state index contributed by atoms with van der Waals surface area (Å²) in [5, 5.41) is 0. The predicted octanol–water partition coefficient (Wildman–Crippen LogP) is 3.75. The van der Waals surface area contributed by atoms with Crippen molar-refractivity contribution < 1.29 is 23.8 Å². The Morgan fingerprint density at radius 1 is 0.870 bits per heavy atom. The highest BCUT2D eigenvalue weighted by molar-refractivity contribution is 5.89. The zero-order valence-electron chi connectivity index (χ0n) is 12.9. The van der Waals surface area contributed by atoms with E-state index in [-0.39, 0.29) is 0 Å². The first kappa shape index (κ1) is 16.3. The van der Waals surface area contributed by atoms with Gasteiger partial charge in [-0.15, -0.1) is 0 Å². The largest absolute Gasteiger partial charge is 0.465 e. The second kappa shape index (κ2) is 7.26. The van der Waals surface area contributed by atoms with Crippen LogP contribution in [0, 0.1) is 0 Å². The van der Waals surface area contributed by atoms with Crippen molar-refractivity contribution in [3.63, 3.8) is 0 Å². The summed E-state index contributed by atoms with van der Waals surface area (Å²) < 4.78 is 15.4. The van der Waals surface area contributed by atoms with E-state index in [1.54, 1.807) is 55.5 Å². The molecule has 0 N–H and O–H groups in total. The van der Waals surface area contributed by atoms with Crippen LogP contribution in [0.3, 0.4) is 0 Å². The van der Waals surface area contributed by atoms with E-state index >= 15 is 0 Å². The summed E-state index contributed by atoms with van der Waals surface area (Å²) in [5.41, 5.74) is 0.776.